The summed E-state index contributed by atoms with van der Waals surface area (Å²) in [7, 11) is 0. The molecule has 1 aromatic heterocycles. The van der Waals surface area contributed by atoms with Crippen LogP contribution in [0.2, 0.25) is 5.02 Å². The SMILES string of the molecule is CC(=O)c1cn(CC(=O)N2C[C@H](F)C[C@H]2C(=O)NCc2cccc(Cl)c2F)c2cc(C(=O)NC3CCNC3)ccc12. The minimum atomic E-state index is -1.41. The van der Waals surface area contributed by atoms with Gasteiger partial charge in [-0.15, -0.1) is 0 Å². The number of hydrogen-bond acceptors (Lipinski definition) is 5. The number of carbonyl (C=O) groups excluding carboxylic acids is 4. The lowest BCUT2D eigenvalue weighted by Gasteiger charge is -2.24. The van der Waals surface area contributed by atoms with Crippen LogP contribution in [-0.2, 0) is 22.7 Å². The summed E-state index contributed by atoms with van der Waals surface area (Å²) in [5.74, 6) is -2.29. The summed E-state index contributed by atoms with van der Waals surface area (Å²) in [6.45, 7) is 2.19. The number of nitrogens with zero attached hydrogens (tertiary/aromatic N) is 2. The van der Waals surface area contributed by atoms with Crippen LogP contribution in [0.15, 0.2) is 42.6 Å². The van der Waals surface area contributed by atoms with Gasteiger partial charge in [0.1, 0.15) is 24.6 Å². The second-order valence-corrected chi connectivity index (χ2v) is 10.9. The predicted molar refractivity (Wildman–Crippen MR) is 149 cm³/mol. The van der Waals surface area contributed by atoms with Crippen molar-refractivity contribution in [2.75, 3.05) is 19.6 Å². The number of rotatable bonds is 8. The fraction of sp³-hybridized carbons (Fsp3) is 0.379. The van der Waals surface area contributed by atoms with Gasteiger partial charge in [-0.1, -0.05) is 29.8 Å². The zero-order valence-electron chi connectivity index (χ0n) is 22.4. The van der Waals surface area contributed by atoms with Crippen molar-refractivity contribution < 1.29 is 28.0 Å². The third-order valence-electron chi connectivity index (χ3n) is 7.58. The number of likely N-dealkylation sites (tertiary alicyclic amines) is 1. The number of benzene rings is 2. The van der Waals surface area contributed by atoms with Crippen LogP contribution in [0.5, 0.6) is 0 Å². The minimum absolute atomic E-state index is 0.0154. The van der Waals surface area contributed by atoms with Crippen molar-refractivity contribution in [3.05, 3.63) is 70.1 Å². The van der Waals surface area contributed by atoms with E-state index in [0.717, 1.165) is 17.9 Å². The third-order valence-corrected chi connectivity index (χ3v) is 7.87. The summed E-state index contributed by atoms with van der Waals surface area (Å²) < 4.78 is 30.3. The second kappa shape index (κ2) is 12.0. The Kier molecular flexibility index (Phi) is 8.37. The number of aromatic nitrogens is 1. The minimum Gasteiger partial charge on any atom is -0.350 e. The van der Waals surface area contributed by atoms with Gasteiger partial charge in [-0.2, -0.15) is 0 Å². The molecule has 0 saturated carbocycles. The molecule has 41 heavy (non-hydrogen) atoms. The number of hydrogen-bond donors (Lipinski definition) is 3. The summed E-state index contributed by atoms with van der Waals surface area (Å²) in [6.07, 6.45) is 0.753. The Morgan fingerprint density at radius 3 is 2.71 bits per heavy atom. The summed E-state index contributed by atoms with van der Waals surface area (Å²) in [5.41, 5.74) is 1.41. The maximum Gasteiger partial charge on any atom is 0.251 e. The van der Waals surface area contributed by atoms with E-state index in [1.807, 2.05) is 0 Å². The van der Waals surface area contributed by atoms with Gasteiger partial charge in [-0.25, -0.2) is 8.78 Å². The lowest BCUT2D eigenvalue weighted by Crippen LogP contribution is -2.46. The largest absolute Gasteiger partial charge is 0.350 e. The van der Waals surface area contributed by atoms with Crippen LogP contribution in [0.1, 0.15) is 46.0 Å². The van der Waals surface area contributed by atoms with E-state index in [-0.39, 0.29) is 54.4 Å². The first-order valence-electron chi connectivity index (χ1n) is 13.4. The Labute approximate surface area is 240 Å². The van der Waals surface area contributed by atoms with Crippen LogP contribution in [0.3, 0.4) is 0 Å². The monoisotopic (exact) mass is 585 g/mol. The lowest BCUT2D eigenvalue weighted by atomic mass is 10.1. The highest BCUT2D eigenvalue weighted by molar-refractivity contribution is 6.30. The van der Waals surface area contributed by atoms with Gasteiger partial charge in [0.2, 0.25) is 11.8 Å². The topological polar surface area (TPSA) is 113 Å². The number of ketones is 1. The number of amides is 3. The zero-order valence-corrected chi connectivity index (χ0v) is 23.1. The first-order valence-corrected chi connectivity index (χ1v) is 13.8. The number of nitrogens with one attached hydrogen (secondary N) is 3. The molecule has 3 amide bonds. The van der Waals surface area contributed by atoms with Crippen molar-refractivity contribution >= 4 is 46.0 Å². The van der Waals surface area contributed by atoms with Crippen molar-refractivity contribution in [3.8, 4) is 0 Å². The van der Waals surface area contributed by atoms with Gasteiger partial charge < -0.3 is 25.4 Å². The smallest absolute Gasteiger partial charge is 0.251 e. The van der Waals surface area contributed by atoms with E-state index >= 15 is 0 Å². The molecule has 3 atom stereocenters. The first kappa shape index (κ1) is 28.7. The Morgan fingerprint density at radius 1 is 1.17 bits per heavy atom. The van der Waals surface area contributed by atoms with Crippen LogP contribution in [0.25, 0.3) is 10.9 Å². The highest BCUT2D eigenvalue weighted by Crippen LogP contribution is 2.26. The van der Waals surface area contributed by atoms with E-state index < -0.39 is 29.8 Å². The third kappa shape index (κ3) is 6.11. The Bertz CT molecular complexity index is 1520. The molecule has 1 unspecified atom stereocenters. The quantitative estimate of drug-likeness (QED) is 0.352. The van der Waals surface area contributed by atoms with E-state index in [4.69, 9.17) is 11.6 Å². The molecule has 3 N–H and O–H groups in total. The van der Waals surface area contributed by atoms with E-state index in [0.29, 0.717) is 28.6 Å². The molecule has 5 rings (SSSR count). The number of Topliss-reactive ketones (excluding diaryl/α,β-unsaturated/α-hetero) is 1. The van der Waals surface area contributed by atoms with Gasteiger partial charge in [0.15, 0.2) is 5.78 Å². The average molecular weight is 586 g/mol. The van der Waals surface area contributed by atoms with E-state index in [2.05, 4.69) is 16.0 Å². The maximum atomic E-state index is 14.5. The first-order chi connectivity index (χ1) is 19.6. The number of halogens is 3. The van der Waals surface area contributed by atoms with Crippen LogP contribution in [0, 0.1) is 5.82 Å². The molecule has 12 heteroatoms. The molecule has 2 fully saturated rings. The molecular formula is C29H30ClF2N5O4. The summed E-state index contributed by atoms with van der Waals surface area (Å²) in [6, 6.07) is 8.27. The van der Waals surface area contributed by atoms with Crippen molar-refractivity contribution in [1.82, 2.24) is 25.4 Å². The summed E-state index contributed by atoms with van der Waals surface area (Å²) in [5, 5.41) is 9.24. The molecule has 2 aliphatic heterocycles. The maximum absolute atomic E-state index is 14.5. The van der Waals surface area contributed by atoms with Crippen molar-refractivity contribution in [2.45, 2.75) is 51.1 Å². The van der Waals surface area contributed by atoms with Crippen molar-refractivity contribution in [1.29, 1.82) is 0 Å². The van der Waals surface area contributed by atoms with Crippen molar-refractivity contribution in [3.63, 3.8) is 0 Å². The van der Waals surface area contributed by atoms with Crippen LogP contribution < -0.4 is 16.0 Å². The van der Waals surface area contributed by atoms with E-state index in [9.17, 15) is 28.0 Å². The highest BCUT2D eigenvalue weighted by atomic mass is 35.5. The standard InChI is InChI=1S/C29H30ClF2N5O4/c1-16(38)22-14-36(24-9-17(5-6-21(22)24)28(40)35-20-7-8-33-12-20)15-26(39)37-13-19(31)10-25(37)29(41)34-11-18-3-2-4-23(30)27(18)32/h2-6,9,14,19-20,25,33H,7-8,10-13,15H2,1H3,(H,34,41)(H,35,40)/t19-,20?,25+/m1/s1. The molecule has 0 bridgehead atoms. The molecule has 216 valence electrons. The van der Waals surface area contributed by atoms with E-state index in [1.54, 1.807) is 28.8 Å². The average Bonchev–Trinajstić information content (AvgIpc) is 3.68. The van der Waals surface area contributed by atoms with Crippen LogP contribution >= 0.6 is 11.6 Å². The molecule has 3 heterocycles. The van der Waals surface area contributed by atoms with Gasteiger partial charge >= 0.3 is 0 Å². The molecule has 0 spiro atoms. The predicted octanol–water partition coefficient (Wildman–Crippen LogP) is 2.98. The molecular weight excluding hydrogens is 556 g/mol. The second-order valence-electron chi connectivity index (χ2n) is 10.4. The normalized spacial score (nSPS) is 20.4. The van der Waals surface area contributed by atoms with E-state index in [1.165, 1.54) is 25.3 Å². The molecule has 0 aliphatic carbocycles. The van der Waals surface area contributed by atoms with Gasteiger partial charge in [-0.05, 0) is 38.1 Å². The molecule has 9 nitrogen and oxygen atoms in total. The summed E-state index contributed by atoms with van der Waals surface area (Å²) >= 11 is 5.81. The van der Waals surface area contributed by atoms with Gasteiger partial charge in [0, 0.05) is 53.8 Å². The fourth-order valence-corrected chi connectivity index (χ4v) is 5.62. The number of fused-ring (bicyclic) bond motifs is 1. The molecule has 0 radical (unpaired) electrons. The Balaban J connectivity index is 1.34. The molecule has 2 saturated heterocycles. The fourth-order valence-electron chi connectivity index (χ4n) is 5.42. The number of carbonyl (C=O) groups is 4. The number of alkyl halides is 1. The molecule has 3 aromatic rings. The lowest BCUT2D eigenvalue weighted by molar-refractivity contribution is -0.139. The highest BCUT2D eigenvalue weighted by Gasteiger charge is 2.40. The summed E-state index contributed by atoms with van der Waals surface area (Å²) in [4.78, 5) is 52.8. The van der Waals surface area contributed by atoms with Crippen molar-refractivity contribution in [2.24, 2.45) is 0 Å². The Hall–Kier alpha value is -3.83. The zero-order chi connectivity index (χ0) is 29.3. The van der Waals surface area contributed by atoms with Gasteiger partial charge in [-0.3, -0.25) is 19.2 Å². The van der Waals surface area contributed by atoms with Crippen LogP contribution in [0.4, 0.5) is 8.78 Å². The van der Waals surface area contributed by atoms with Crippen LogP contribution in [-0.4, -0.2) is 70.9 Å². The van der Waals surface area contributed by atoms with Gasteiger partial charge in [0.05, 0.1) is 17.1 Å². The Morgan fingerprint density at radius 2 is 1.98 bits per heavy atom. The van der Waals surface area contributed by atoms with Gasteiger partial charge in [0.25, 0.3) is 5.91 Å². The molecule has 2 aliphatic rings. The molecule has 2 aromatic carbocycles.